The minimum Gasteiger partial charge on any atom is -0.481 e. The second-order valence-electron chi connectivity index (χ2n) is 7.77. The van der Waals surface area contributed by atoms with Crippen molar-refractivity contribution in [3.8, 4) is 0 Å². The van der Waals surface area contributed by atoms with Crippen LogP contribution in [0.5, 0.6) is 0 Å². The molecule has 3 heterocycles. The molecular formula is C20H29N3O5. The minimum absolute atomic E-state index is 0.0802. The van der Waals surface area contributed by atoms with Crippen LogP contribution >= 0.6 is 0 Å². The molecule has 2 aliphatic rings. The Morgan fingerprint density at radius 3 is 2.46 bits per heavy atom. The number of carbonyl (C=O) groups excluding carboxylic acids is 2. The number of carboxylic acids is 1. The Balaban J connectivity index is 1.57. The SMILES string of the molecule is CC(=O)N1CCN(CC[C@H]2CN(C(=O)c3ccco3)CC[C@H]2CC(=O)O)CC1. The molecule has 0 aromatic carbocycles. The number of piperazine rings is 1. The van der Waals surface area contributed by atoms with Crippen LogP contribution in [0.3, 0.4) is 0 Å². The van der Waals surface area contributed by atoms with Crippen molar-refractivity contribution in [3.63, 3.8) is 0 Å². The Morgan fingerprint density at radius 1 is 1.11 bits per heavy atom. The van der Waals surface area contributed by atoms with E-state index in [-0.39, 0.29) is 30.1 Å². The summed E-state index contributed by atoms with van der Waals surface area (Å²) in [6.45, 7) is 6.73. The number of hydrogen-bond acceptors (Lipinski definition) is 5. The molecule has 28 heavy (non-hydrogen) atoms. The maximum Gasteiger partial charge on any atom is 0.303 e. The zero-order valence-corrected chi connectivity index (χ0v) is 16.4. The third-order valence-electron chi connectivity index (χ3n) is 5.98. The van der Waals surface area contributed by atoms with Crippen LogP contribution in [0.4, 0.5) is 0 Å². The molecule has 2 amide bonds. The van der Waals surface area contributed by atoms with Crippen molar-refractivity contribution in [2.24, 2.45) is 11.8 Å². The lowest BCUT2D eigenvalue weighted by Crippen LogP contribution is -2.49. The molecule has 154 valence electrons. The number of carboxylic acid groups (broad SMARTS) is 1. The number of carbonyl (C=O) groups is 3. The van der Waals surface area contributed by atoms with Gasteiger partial charge in [0.15, 0.2) is 5.76 Å². The molecule has 1 aromatic rings. The zero-order valence-electron chi connectivity index (χ0n) is 16.4. The average Bonchev–Trinajstić information content (AvgIpc) is 3.21. The Hall–Kier alpha value is -2.35. The Morgan fingerprint density at radius 2 is 1.86 bits per heavy atom. The van der Waals surface area contributed by atoms with E-state index >= 15 is 0 Å². The van der Waals surface area contributed by atoms with Gasteiger partial charge in [0.2, 0.25) is 5.91 Å². The quantitative estimate of drug-likeness (QED) is 0.788. The highest BCUT2D eigenvalue weighted by atomic mass is 16.4. The highest BCUT2D eigenvalue weighted by Gasteiger charge is 2.34. The summed E-state index contributed by atoms with van der Waals surface area (Å²) in [6, 6.07) is 3.36. The highest BCUT2D eigenvalue weighted by Crippen LogP contribution is 2.30. The molecule has 2 saturated heterocycles. The Bertz CT molecular complexity index is 682. The smallest absolute Gasteiger partial charge is 0.303 e. The third kappa shape index (κ3) is 5.13. The molecule has 1 aromatic heterocycles. The first kappa shape index (κ1) is 20.4. The molecule has 8 nitrogen and oxygen atoms in total. The largest absolute Gasteiger partial charge is 0.481 e. The van der Waals surface area contributed by atoms with E-state index in [1.807, 2.05) is 4.90 Å². The van der Waals surface area contributed by atoms with Gasteiger partial charge in [-0.15, -0.1) is 0 Å². The van der Waals surface area contributed by atoms with Crippen molar-refractivity contribution < 1.29 is 23.9 Å². The molecule has 2 atom stereocenters. The second-order valence-corrected chi connectivity index (χ2v) is 7.77. The molecule has 2 fully saturated rings. The summed E-state index contributed by atoms with van der Waals surface area (Å²) in [7, 11) is 0. The van der Waals surface area contributed by atoms with Crippen LogP contribution in [-0.4, -0.2) is 83.4 Å². The van der Waals surface area contributed by atoms with Crippen molar-refractivity contribution in [3.05, 3.63) is 24.2 Å². The maximum absolute atomic E-state index is 12.6. The molecule has 0 radical (unpaired) electrons. The molecule has 0 unspecified atom stereocenters. The van der Waals surface area contributed by atoms with Gasteiger partial charge in [0.25, 0.3) is 5.91 Å². The fourth-order valence-electron chi connectivity index (χ4n) is 4.28. The summed E-state index contributed by atoms with van der Waals surface area (Å²) in [6.07, 6.45) is 3.18. The van der Waals surface area contributed by atoms with Gasteiger partial charge in [0.1, 0.15) is 0 Å². The Kier molecular flexibility index (Phi) is 6.72. The first-order valence-corrected chi connectivity index (χ1v) is 9.96. The number of nitrogens with zero attached hydrogens (tertiary/aromatic N) is 3. The lowest BCUT2D eigenvalue weighted by Gasteiger charge is -2.40. The first-order chi connectivity index (χ1) is 13.4. The maximum atomic E-state index is 12.6. The number of amides is 2. The number of furan rings is 1. The van der Waals surface area contributed by atoms with Gasteiger partial charge in [-0.1, -0.05) is 0 Å². The molecule has 2 aliphatic heterocycles. The van der Waals surface area contributed by atoms with Gasteiger partial charge in [-0.3, -0.25) is 19.3 Å². The summed E-state index contributed by atoms with van der Waals surface area (Å²) in [5.41, 5.74) is 0. The predicted octanol–water partition coefficient (Wildman–Crippen LogP) is 1.39. The highest BCUT2D eigenvalue weighted by molar-refractivity contribution is 5.91. The van der Waals surface area contributed by atoms with Gasteiger partial charge in [-0.2, -0.15) is 0 Å². The van der Waals surface area contributed by atoms with Crippen molar-refractivity contribution >= 4 is 17.8 Å². The van der Waals surface area contributed by atoms with E-state index in [2.05, 4.69) is 4.90 Å². The number of likely N-dealkylation sites (tertiary alicyclic amines) is 1. The van der Waals surface area contributed by atoms with E-state index in [9.17, 15) is 19.5 Å². The standard InChI is InChI=1S/C20H29N3O5/c1-15(24)22-10-8-21(9-11-22)6-4-17-14-23(7-5-16(17)13-19(25)26)20(27)18-3-2-12-28-18/h2-3,12,16-17H,4-11,13-14H2,1H3,(H,25,26)/t16-,17-/m0/s1. The van der Waals surface area contributed by atoms with Gasteiger partial charge in [0.05, 0.1) is 6.26 Å². The van der Waals surface area contributed by atoms with Crippen LogP contribution in [0.25, 0.3) is 0 Å². The molecular weight excluding hydrogens is 362 g/mol. The predicted molar refractivity (Wildman–Crippen MR) is 102 cm³/mol. The van der Waals surface area contributed by atoms with Crippen LogP contribution in [-0.2, 0) is 9.59 Å². The summed E-state index contributed by atoms with van der Waals surface area (Å²) >= 11 is 0. The molecule has 8 heteroatoms. The van der Waals surface area contributed by atoms with Crippen molar-refractivity contribution in [1.82, 2.24) is 14.7 Å². The van der Waals surface area contributed by atoms with Crippen molar-refractivity contribution in [2.45, 2.75) is 26.2 Å². The normalized spacial score (nSPS) is 23.6. The number of aliphatic carboxylic acids is 1. The van der Waals surface area contributed by atoms with E-state index < -0.39 is 5.97 Å². The number of hydrogen-bond donors (Lipinski definition) is 1. The molecule has 0 saturated carbocycles. The van der Waals surface area contributed by atoms with Crippen LogP contribution in [0, 0.1) is 11.8 Å². The topological polar surface area (TPSA) is 94.3 Å². The minimum atomic E-state index is -0.782. The van der Waals surface area contributed by atoms with E-state index in [1.165, 1.54) is 6.26 Å². The first-order valence-electron chi connectivity index (χ1n) is 9.96. The number of piperidine rings is 1. The van der Waals surface area contributed by atoms with Gasteiger partial charge < -0.3 is 19.3 Å². The van der Waals surface area contributed by atoms with Gasteiger partial charge in [-0.25, -0.2) is 0 Å². The summed E-state index contributed by atoms with van der Waals surface area (Å²) in [5, 5.41) is 9.26. The van der Waals surface area contributed by atoms with Crippen molar-refractivity contribution in [2.75, 3.05) is 45.8 Å². The third-order valence-corrected chi connectivity index (χ3v) is 5.98. The number of rotatable bonds is 6. The van der Waals surface area contributed by atoms with Crippen molar-refractivity contribution in [1.29, 1.82) is 0 Å². The summed E-state index contributed by atoms with van der Waals surface area (Å²) < 4.78 is 5.23. The van der Waals surface area contributed by atoms with Gasteiger partial charge in [0, 0.05) is 52.6 Å². The fraction of sp³-hybridized carbons (Fsp3) is 0.650. The summed E-state index contributed by atoms with van der Waals surface area (Å²) in [4.78, 5) is 41.3. The average molecular weight is 391 g/mol. The fourth-order valence-corrected chi connectivity index (χ4v) is 4.28. The van der Waals surface area contributed by atoms with Crippen LogP contribution in [0.1, 0.15) is 36.7 Å². The van der Waals surface area contributed by atoms with E-state index in [0.717, 1.165) is 39.1 Å². The summed E-state index contributed by atoms with van der Waals surface area (Å²) in [5.74, 6) is -0.239. The molecule has 1 N–H and O–H groups in total. The molecule has 0 bridgehead atoms. The molecule has 0 spiro atoms. The monoisotopic (exact) mass is 391 g/mol. The van der Waals surface area contributed by atoms with E-state index in [4.69, 9.17) is 4.42 Å². The zero-order chi connectivity index (χ0) is 20.1. The van der Waals surface area contributed by atoms with Gasteiger partial charge in [-0.05, 0) is 43.4 Å². The van der Waals surface area contributed by atoms with Crippen LogP contribution in [0.15, 0.2) is 22.8 Å². The van der Waals surface area contributed by atoms with E-state index in [1.54, 1.807) is 24.0 Å². The molecule has 3 rings (SSSR count). The van der Waals surface area contributed by atoms with Gasteiger partial charge >= 0.3 is 5.97 Å². The lowest BCUT2D eigenvalue weighted by atomic mass is 9.81. The molecule has 0 aliphatic carbocycles. The second kappa shape index (κ2) is 9.23. The van der Waals surface area contributed by atoms with E-state index in [0.29, 0.717) is 25.3 Å². The lowest BCUT2D eigenvalue weighted by molar-refractivity contribution is -0.139. The van der Waals surface area contributed by atoms with Crippen LogP contribution in [0.2, 0.25) is 0 Å². The Labute approximate surface area is 165 Å². The van der Waals surface area contributed by atoms with Crippen LogP contribution < -0.4 is 0 Å².